The average molecular weight is 311 g/mol. The summed E-state index contributed by atoms with van der Waals surface area (Å²) in [5.74, 6) is -0.384. The van der Waals surface area contributed by atoms with E-state index in [9.17, 15) is 17.4 Å². The predicted octanol–water partition coefficient (Wildman–Crippen LogP) is 3.09. The summed E-state index contributed by atoms with van der Waals surface area (Å²) in [5.41, 5.74) is -4.36. The Hall–Kier alpha value is -1.54. The van der Waals surface area contributed by atoms with Crippen LogP contribution in [0.15, 0.2) is 36.5 Å². The first-order valence-corrected chi connectivity index (χ1v) is 6.30. The van der Waals surface area contributed by atoms with Gasteiger partial charge >= 0.3 is 16.6 Å². The third-order valence-electron chi connectivity index (χ3n) is 2.01. The van der Waals surface area contributed by atoms with Crippen LogP contribution in [0.3, 0.4) is 0 Å². The molecule has 0 saturated heterocycles. The summed E-state index contributed by atoms with van der Waals surface area (Å²) in [5, 5.41) is 4.24. The van der Waals surface area contributed by atoms with Crippen LogP contribution in [-0.4, -0.2) is 19.5 Å². The Morgan fingerprint density at radius 3 is 2.42 bits per heavy atom. The van der Waals surface area contributed by atoms with Gasteiger partial charge in [-0.2, -0.15) is 13.2 Å². The van der Waals surface area contributed by atoms with Crippen LogP contribution in [0.1, 0.15) is 0 Å². The van der Waals surface area contributed by atoms with Crippen molar-refractivity contribution in [2.24, 2.45) is 0 Å². The van der Waals surface area contributed by atoms with Crippen LogP contribution in [0.4, 0.5) is 13.2 Å². The normalized spacial score (nSPS) is 13.3. The van der Waals surface area contributed by atoms with Crippen LogP contribution < -0.4 is 4.18 Å². The van der Waals surface area contributed by atoms with E-state index in [1.54, 1.807) is 24.3 Å². The fourth-order valence-corrected chi connectivity index (χ4v) is 1.68. The van der Waals surface area contributed by atoms with Gasteiger partial charge in [-0.05, 0) is 24.3 Å². The lowest BCUT2D eigenvalue weighted by molar-refractivity contribution is -0.0438. The molecule has 0 aliphatic carbocycles. The van der Waals surface area contributed by atoms with E-state index in [2.05, 4.69) is 9.28 Å². The third kappa shape index (κ3) is 3.48. The molecule has 0 saturated carbocycles. The molecule has 19 heavy (non-hydrogen) atoms. The van der Waals surface area contributed by atoms with Crippen molar-refractivity contribution in [1.82, 2.24) is 9.78 Å². The maximum absolute atomic E-state index is 12.0. The summed E-state index contributed by atoms with van der Waals surface area (Å²) < 4.78 is 52.3. The number of alkyl halides is 3. The van der Waals surface area contributed by atoms with Gasteiger partial charge in [0.15, 0.2) is 0 Å². The lowest BCUT2D eigenvalue weighted by Gasteiger charge is -2.04. The summed E-state index contributed by atoms with van der Waals surface area (Å²) in [4.78, 5) is 0. The second kappa shape index (κ2) is 5.22. The van der Waals surface area contributed by atoms with E-state index in [1.165, 1.54) is 16.9 Å². The minimum absolute atomic E-state index is 0.384. The SMILES string of the molecule is O=S(Oc1ccn(-c2ccc(Cl)cc2)n1)C(F)(F)F. The third-order valence-corrected chi connectivity index (χ3v) is 2.96. The second-order valence-corrected chi connectivity index (χ2v) is 4.87. The number of aromatic nitrogens is 2. The van der Waals surface area contributed by atoms with Gasteiger partial charge in [-0.15, -0.1) is 5.10 Å². The Bertz CT molecular complexity index is 598. The lowest BCUT2D eigenvalue weighted by atomic mass is 10.3. The maximum Gasteiger partial charge on any atom is 0.508 e. The molecular weight excluding hydrogens is 305 g/mol. The van der Waals surface area contributed by atoms with E-state index in [4.69, 9.17) is 11.6 Å². The van der Waals surface area contributed by atoms with Gasteiger partial charge in [0.25, 0.3) is 0 Å². The summed E-state index contributed by atoms with van der Waals surface area (Å²) >= 11 is 2.27. The summed E-state index contributed by atoms with van der Waals surface area (Å²) in [7, 11) is 0. The molecule has 0 spiro atoms. The second-order valence-electron chi connectivity index (χ2n) is 3.34. The van der Waals surface area contributed by atoms with Gasteiger partial charge in [-0.1, -0.05) is 11.6 Å². The number of benzene rings is 1. The first-order valence-electron chi connectivity index (χ1n) is 4.85. The van der Waals surface area contributed by atoms with Crippen LogP contribution in [0.25, 0.3) is 5.69 Å². The molecule has 0 aliphatic rings. The van der Waals surface area contributed by atoms with Crippen molar-refractivity contribution in [3.05, 3.63) is 41.6 Å². The predicted molar refractivity (Wildman–Crippen MR) is 63.4 cm³/mol. The molecule has 1 atom stereocenters. The minimum Gasteiger partial charge on any atom is -0.372 e. The largest absolute Gasteiger partial charge is 0.508 e. The van der Waals surface area contributed by atoms with Crippen molar-refractivity contribution in [3.63, 3.8) is 0 Å². The maximum atomic E-state index is 12.0. The molecule has 0 N–H and O–H groups in total. The fourth-order valence-electron chi connectivity index (χ4n) is 1.21. The molecule has 9 heteroatoms. The van der Waals surface area contributed by atoms with Crippen molar-refractivity contribution in [2.75, 3.05) is 0 Å². The van der Waals surface area contributed by atoms with Gasteiger partial charge in [0.2, 0.25) is 5.88 Å². The molecule has 1 unspecified atom stereocenters. The van der Waals surface area contributed by atoms with Crippen molar-refractivity contribution in [2.45, 2.75) is 5.51 Å². The first kappa shape index (κ1) is 13.9. The van der Waals surface area contributed by atoms with Crippen LogP contribution >= 0.6 is 11.6 Å². The standard InChI is InChI=1S/C10H6ClF3N2O2S/c11-7-1-3-8(4-2-7)16-6-5-9(15-16)18-19(17)10(12,13)14/h1-6H. The molecule has 1 heterocycles. The van der Waals surface area contributed by atoms with Crippen LogP contribution in [0, 0.1) is 0 Å². The molecule has 1 aromatic carbocycles. The molecule has 1 aromatic heterocycles. The number of hydrogen-bond acceptors (Lipinski definition) is 3. The molecule has 0 amide bonds. The van der Waals surface area contributed by atoms with Gasteiger partial charge in [0.1, 0.15) is 0 Å². The number of hydrogen-bond donors (Lipinski definition) is 0. The highest BCUT2D eigenvalue weighted by Crippen LogP contribution is 2.23. The zero-order valence-corrected chi connectivity index (χ0v) is 10.7. The molecule has 4 nitrogen and oxygen atoms in total. The molecule has 2 aromatic rings. The zero-order valence-electron chi connectivity index (χ0n) is 9.10. The zero-order chi connectivity index (χ0) is 14.0. The number of rotatable bonds is 3. The van der Waals surface area contributed by atoms with Gasteiger partial charge < -0.3 is 4.18 Å². The number of halogens is 4. The monoisotopic (exact) mass is 310 g/mol. The molecule has 0 fully saturated rings. The van der Waals surface area contributed by atoms with Crippen LogP contribution in [0.5, 0.6) is 5.88 Å². The summed E-state index contributed by atoms with van der Waals surface area (Å²) in [6.07, 6.45) is 1.38. The Morgan fingerprint density at radius 1 is 1.21 bits per heavy atom. The van der Waals surface area contributed by atoms with E-state index >= 15 is 0 Å². The van der Waals surface area contributed by atoms with E-state index < -0.39 is 16.6 Å². The van der Waals surface area contributed by atoms with E-state index in [1.807, 2.05) is 0 Å². The highest BCUT2D eigenvalue weighted by atomic mass is 35.5. The Kier molecular flexibility index (Phi) is 3.81. The van der Waals surface area contributed by atoms with Crippen molar-refractivity contribution in [1.29, 1.82) is 0 Å². The van der Waals surface area contributed by atoms with Crippen LogP contribution in [0.2, 0.25) is 5.02 Å². The molecule has 0 aliphatic heterocycles. The topological polar surface area (TPSA) is 44.1 Å². The van der Waals surface area contributed by atoms with E-state index in [0.29, 0.717) is 10.7 Å². The average Bonchev–Trinajstić information content (AvgIpc) is 2.77. The van der Waals surface area contributed by atoms with Gasteiger partial charge in [-0.25, -0.2) is 8.89 Å². The lowest BCUT2D eigenvalue weighted by Crippen LogP contribution is -2.21. The van der Waals surface area contributed by atoms with E-state index in [0.717, 1.165) is 0 Å². The molecule has 0 radical (unpaired) electrons. The summed E-state index contributed by atoms with van der Waals surface area (Å²) in [6, 6.07) is 7.64. The fraction of sp³-hybridized carbons (Fsp3) is 0.100. The van der Waals surface area contributed by atoms with Crippen molar-refractivity contribution >= 4 is 22.7 Å². The van der Waals surface area contributed by atoms with Gasteiger partial charge in [0.05, 0.1) is 5.69 Å². The molecular formula is C10H6ClF3N2O2S. The quantitative estimate of drug-likeness (QED) is 0.875. The van der Waals surface area contributed by atoms with Crippen molar-refractivity contribution < 1.29 is 21.6 Å². The highest BCUT2D eigenvalue weighted by Gasteiger charge is 2.40. The highest BCUT2D eigenvalue weighted by molar-refractivity contribution is 7.81. The Morgan fingerprint density at radius 2 is 1.84 bits per heavy atom. The van der Waals surface area contributed by atoms with Gasteiger partial charge in [-0.3, -0.25) is 0 Å². The van der Waals surface area contributed by atoms with E-state index in [-0.39, 0.29) is 5.88 Å². The smallest absolute Gasteiger partial charge is 0.372 e. The molecule has 2 rings (SSSR count). The molecule has 102 valence electrons. The van der Waals surface area contributed by atoms with Crippen LogP contribution in [-0.2, 0) is 11.1 Å². The Labute approximate surface area is 113 Å². The van der Waals surface area contributed by atoms with Gasteiger partial charge in [0, 0.05) is 17.3 Å². The first-order chi connectivity index (χ1) is 8.86. The van der Waals surface area contributed by atoms with Crippen molar-refractivity contribution in [3.8, 4) is 11.6 Å². The summed E-state index contributed by atoms with van der Waals surface area (Å²) in [6.45, 7) is 0. The minimum atomic E-state index is -4.94. The molecule has 0 bridgehead atoms. The Balaban J connectivity index is 2.16. The number of nitrogens with zero attached hydrogens (tertiary/aromatic N) is 2.